The molecule has 1 aromatic carbocycles. The highest BCUT2D eigenvalue weighted by Crippen LogP contribution is 2.24. The van der Waals surface area contributed by atoms with Gasteiger partial charge in [-0.1, -0.05) is 26.0 Å². The van der Waals surface area contributed by atoms with Crippen LogP contribution in [0.1, 0.15) is 35.3 Å². The lowest BCUT2D eigenvalue weighted by Gasteiger charge is -2.29. The Bertz CT molecular complexity index is 640. The number of hydrogen-bond donors (Lipinski definition) is 2. The lowest BCUT2D eigenvalue weighted by Crippen LogP contribution is -2.44. The van der Waals surface area contributed by atoms with Crippen molar-refractivity contribution in [2.24, 2.45) is 5.92 Å². The first kappa shape index (κ1) is 15.9. The average Bonchev–Trinajstić information content (AvgIpc) is 2.43. The summed E-state index contributed by atoms with van der Waals surface area (Å²) in [6.45, 7) is 4.77. The maximum atomic E-state index is 12.2. The van der Waals surface area contributed by atoms with E-state index >= 15 is 0 Å². The van der Waals surface area contributed by atoms with Crippen LogP contribution in [0, 0.1) is 5.92 Å². The van der Waals surface area contributed by atoms with E-state index in [0.29, 0.717) is 19.5 Å². The fourth-order valence-corrected chi connectivity index (χ4v) is 3.72. The van der Waals surface area contributed by atoms with Crippen molar-refractivity contribution in [1.29, 1.82) is 0 Å². The molecule has 2 N–H and O–H groups in total. The first-order valence-electron chi connectivity index (χ1n) is 6.90. The van der Waals surface area contributed by atoms with Crippen molar-refractivity contribution in [3.05, 3.63) is 34.9 Å². The quantitative estimate of drug-likeness (QED) is 0.856. The number of fused-ring (bicyclic) bond motifs is 1. The van der Waals surface area contributed by atoms with E-state index in [2.05, 4.69) is 4.72 Å². The summed E-state index contributed by atoms with van der Waals surface area (Å²) in [4.78, 5) is 11.2. The predicted molar refractivity (Wildman–Crippen MR) is 79.3 cm³/mol. The summed E-state index contributed by atoms with van der Waals surface area (Å²) in [6.07, 6.45) is 0.417. The van der Waals surface area contributed by atoms with E-state index in [1.807, 2.05) is 13.8 Å². The average molecular weight is 312 g/mol. The molecule has 1 aliphatic rings. The van der Waals surface area contributed by atoms with Gasteiger partial charge in [-0.05, 0) is 29.5 Å². The molecule has 0 saturated carbocycles. The van der Waals surface area contributed by atoms with Crippen LogP contribution in [0.2, 0.25) is 0 Å². The minimum atomic E-state index is -3.52. The van der Waals surface area contributed by atoms with Crippen molar-refractivity contribution < 1.29 is 18.3 Å². The number of aromatic carboxylic acids is 1. The Morgan fingerprint density at radius 3 is 2.76 bits per heavy atom. The van der Waals surface area contributed by atoms with Crippen LogP contribution in [-0.4, -0.2) is 36.9 Å². The van der Waals surface area contributed by atoms with Crippen LogP contribution in [0.25, 0.3) is 0 Å². The third-order valence-corrected chi connectivity index (χ3v) is 5.00. The fourth-order valence-electron chi connectivity index (χ4n) is 2.35. The molecular weight excluding hydrogens is 292 g/mol. The molecule has 0 radical (unpaired) electrons. The number of nitrogens with one attached hydrogen (secondary N) is 1. The molecule has 0 fully saturated rings. The second kappa shape index (κ2) is 6.13. The predicted octanol–water partition coefficient (Wildman–Crippen LogP) is 1.23. The number of rotatable bonds is 5. The maximum absolute atomic E-state index is 12.2. The van der Waals surface area contributed by atoms with Crippen molar-refractivity contribution in [1.82, 2.24) is 9.03 Å². The lowest BCUT2D eigenvalue weighted by molar-refractivity contribution is 0.0695. The monoisotopic (exact) mass is 312 g/mol. The topological polar surface area (TPSA) is 86.7 Å². The highest BCUT2D eigenvalue weighted by Gasteiger charge is 2.28. The number of nitrogens with zero attached hydrogens (tertiary/aromatic N) is 1. The molecular formula is C14H20N2O4S. The Morgan fingerprint density at radius 2 is 2.14 bits per heavy atom. The highest BCUT2D eigenvalue weighted by atomic mass is 32.2. The zero-order valence-corrected chi connectivity index (χ0v) is 13.0. The summed E-state index contributed by atoms with van der Waals surface area (Å²) >= 11 is 0. The van der Waals surface area contributed by atoms with E-state index < -0.39 is 16.2 Å². The van der Waals surface area contributed by atoms with E-state index in [0.717, 1.165) is 11.1 Å². The fraction of sp³-hybridized carbons (Fsp3) is 0.500. The minimum absolute atomic E-state index is 0.212. The van der Waals surface area contributed by atoms with Crippen molar-refractivity contribution in [3.63, 3.8) is 0 Å². The van der Waals surface area contributed by atoms with E-state index in [-0.39, 0.29) is 18.0 Å². The molecule has 1 heterocycles. The summed E-state index contributed by atoms with van der Waals surface area (Å²) < 4.78 is 28.4. The molecule has 0 saturated heterocycles. The van der Waals surface area contributed by atoms with Gasteiger partial charge in [0, 0.05) is 19.6 Å². The van der Waals surface area contributed by atoms with E-state index in [4.69, 9.17) is 5.11 Å². The summed E-state index contributed by atoms with van der Waals surface area (Å²) in [5.74, 6) is -0.739. The third kappa shape index (κ3) is 3.61. The molecule has 21 heavy (non-hydrogen) atoms. The molecule has 1 aliphatic heterocycles. The van der Waals surface area contributed by atoms with Gasteiger partial charge in [-0.15, -0.1) is 0 Å². The number of carboxylic acids is 1. The molecule has 0 aliphatic carbocycles. The Hall–Kier alpha value is -1.44. The molecule has 0 aromatic heterocycles. The van der Waals surface area contributed by atoms with Crippen LogP contribution >= 0.6 is 0 Å². The number of carbonyl (C=O) groups is 1. The molecule has 0 spiro atoms. The Labute approximate surface area is 125 Å². The molecule has 2 rings (SSSR count). The standard InChI is InChI=1S/C14H20N2O4S/c1-10(2)8-15-21(19,20)16-7-6-12-11(9-16)4-3-5-13(12)14(17)18/h3-5,10,15H,6-9H2,1-2H3,(H,17,18). The number of hydrogen-bond acceptors (Lipinski definition) is 3. The number of carboxylic acid groups (broad SMARTS) is 1. The normalized spacial score (nSPS) is 16.0. The van der Waals surface area contributed by atoms with Gasteiger partial charge in [0.2, 0.25) is 0 Å². The van der Waals surface area contributed by atoms with Gasteiger partial charge in [-0.3, -0.25) is 0 Å². The second-order valence-corrected chi connectivity index (χ2v) is 7.33. The minimum Gasteiger partial charge on any atom is -0.478 e. The zero-order chi connectivity index (χ0) is 15.6. The van der Waals surface area contributed by atoms with Gasteiger partial charge >= 0.3 is 5.97 Å². The van der Waals surface area contributed by atoms with Gasteiger partial charge in [0.05, 0.1) is 5.56 Å². The van der Waals surface area contributed by atoms with Gasteiger partial charge in [0.15, 0.2) is 0 Å². The molecule has 0 atom stereocenters. The smallest absolute Gasteiger partial charge is 0.335 e. The van der Waals surface area contributed by atoms with Crippen LogP contribution in [0.15, 0.2) is 18.2 Å². The van der Waals surface area contributed by atoms with E-state index in [9.17, 15) is 13.2 Å². The van der Waals surface area contributed by atoms with E-state index in [1.54, 1.807) is 18.2 Å². The second-order valence-electron chi connectivity index (χ2n) is 5.58. The summed E-state index contributed by atoms with van der Waals surface area (Å²) in [5, 5.41) is 9.17. The molecule has 0 amide bonds. The maximum Gasteiger partial charge on any atom is 0.335 e. The van der Waals surface area contributed by atoms with Gasteiger partial charge in [-0.2, -0.15) is 12.7 Å². The van der Waals surface area contributed by atoms with Crippen LogP contribution in [0.4, 0.5) is 0 Å². The molecule has 6 nitrogen and oxygen atoms in total. The SMILES string of the molecule is CC(C)CNS(=O)(=O)N1CCc2c(cccc2C(=O)O)C1. The molecule has 0 unspecified atom stereocenters. The Balaban J connectivity index is 2.20. The largest absolute Gasteiger partial charge is 0.478 e. The van der Waals surface area contributed by atoms with Crippen molar-refractivity contribution in [2.75, 3.05) is 13.1 Å². The molecule has 7 heteroatoms. The summed E-state index contributed by atoms with van der Waals surface area (Å²) in [6, 6.07) is 4.99. The summed E-state index contributed by atoms with van der Waals surface area (Å²) in [7, 11) is -3.52. The highest BCUT2D eigenvalue weighted by molar-refractivity contribution is 7.87. The van der Waals surface area contributed by atoms with Crippen LogP contribution in [-0.2, 0) is 23.2 Å². The van der Waals surface area contributed by atoms with Crippen LogP contribution in [0.5, 0.6) is 0 Å². The summed E-state index contributed by atoms with van der Waals surface area (Å²) in [5.41, 5.74) is 1.76. The van der Waals surface area contributed by atoms with Crippen LogP contribution < -0.4 is 4.72 Å². The lowest BCUT2D eigenvalue weighted by atomic mass is 9.95. The van der Waals surface area contributed by atoms with Gasteiger partial charge in [0.1, 0.15) is 0 Å². The first-order valence-corrected chi connectivity index (χ1v) is 8.34. The van der Waals surface area contributed by atoms with Gasteiger partial charge in [0.25, 0.3) is 10.2 Å². The van der Waals surface area contributed by atoms with Crippen molar-refractivity contribution in [3.8, 4) is 0 Å². The van der Waals surface area contributed by atoms with Gasteiger partial charge < -0.3 is 5.11 Å². The zero-order valence-electron chi connectivity index (χ0n) is 12.2. The van der Waals surface area contributed by atoms with Crippen molar-refractivity contribution >= 4 is 16.2 Å². The first-order chi connectivity index (χ1) is 9.81. The Morgan fingerprint density at radius 1 is 1.43 bits per heavy atom. The Kier molecular flexibility index (Phi) is 4.65. The van der Waals surface area contributed by atoms with Crippen molar-refractivity contribution in [2.45, 2.75) is 26.8 Å². The molecule has 1 aromatic rings. The van der Waals surface area contributed by atoms with Gasteiger partial charge in [-0.25, -0.2) is 9.52 Å². The number of benzene rings is 1. The van der Waals surface area contributed by atoms with E-state index in [1.165, 1.54) is 4.31 Å². The van der Waals surface area contributed by atoms with Crippen LogP contribution in [0.3, 0.4) is 0 Å². The molecule has 116 valence electrons. The third-order valence-electron chi connectivity index (χ3n) is 3.48. The molecule has 0 bridgehead atoms.